The Bertz CT molecular complexity index is 217. The first-order valence-electron chi connectivity index (χ1n) is 5.25. The van der Waals surface area contributed by atoms with E-state index in [-0.39, 0.29) is 24.5 Å². The van der Waals surface area contributed by atoms with Crippen molar-refractivity contribution in [3.8, 4) is 0 Å². The van der Waals surface area contributed by atoms with E-state index in [1.807, 2.05) is 20.8 Å². The van der Waals surface area contributed by atoms with E-state index in [2.05, 4.69) is 10.6 Å². The van der Waals surface area contributed by atoms with Crippen molar-refractivity contribution in [2.75, 3.05) is 20.1 Å². The van der Waals surface area contributed by atoms with E-state index in [1.54, 1.807) is 7.05 Å². The van der Waals surface area contributed by atoms with E-state index in [9.17, 15) is 9.59 Å². The maximum absolute atomic E-state index is 11.4. The maximum atomic E-state index is 11.4. The van der Waals surface area contributed by atoms with Crippen molar-refractivity contribution in [2.45, 2.75) is 33.2 Å². The number of nitrogens with zero attached hydrogens (tertiary/aromatic N) is 1. The standard InChI is InChI=1S/C10H21N3O2/c1-5-6-11-9(14)7-13(4)10(15)12-8(2)3/h8H,5-7H2,1-4H3,(H,11,14)(H,12,15). The molecule has 0 unspecified atom stereocenters. The lowest BCUT2D eigenvalue weighted by Gasteiger charge is -2.19. The van der Waals surface area contributed by atoms with Gasteiger partial charge in [-0.3, -0.25) is 4.79 Å². The zero-order valence-electron chi connectivity index (χ0n) is 9.96. The number of carbonyl (C=O) groups excluding carboxylic acids is 2. The highest BCUT2D eigenvalue weighted by Crippen LogP contribution is 1.87. The molecule has 0 heterocycles. The van der Waals surface area contributed by atoms with Crippen molar-refractivity contribution < 1.29 is 9.59 Å². The van der Waals surface area contributed by atoms with Crippen LogP contribution in [0.25, 0.3) is 0 Å². The average Bonchev–Trinajstić information content (AvgIpc) is 2.13. The molecule has 5 nitrogen and oxygen atoms in total. The largest absolute Gasteiger partial charge is 0.355 e. The summed E-state index contributed by atoms with van der Waals surface area (Å²) < 4.78 is 0. The van der Waals surface area contributed by atoms with E-state index >= 15 is 0 Å². The number of hydrogen-bond donors (Lipinski definition) is 2. The number of likely N-dealkylation sites (N-methyl/N-ethyl adjacent to an activating group) is 1. The molecule has 0 saturated heterocycles. The van der Waals surface area contributed by atoms with Crippen LogP contribution in [-0.2, 0) is 4.79 Å². The fourth-order valence-corrected chi connectivity index (χ4v) is 0.965. The zero-order valence-corrected chi connectivity index (χ0v) is 9.96. The van der Waals surface area contributed by atoms with Crippen molar-refractivity contribution in [3.63, 3.8) is 0 Å². The van der Waals surface area contributed by atoms with Gasteiger partial charge in [0.05, 0.1) is 0 Å². The van der Waals surface area contributed by atoms with Crippen LogP contribution in [0, 0.1) is 0 Å². The molecule has 0 aromatic heterocycles. The molecule has 0 saturated carbocycles. The van der Waals surface area contributed by atoms with Gasteiger partial charge in [0.2, 0.25) is 5.91 Å². The Morgan fingerprint density at radius 3 is 2.40 bits per heavy atom. The number of amides is 3. The van der Waals surface area contributed by atoms with Gasteiger partial charge in [-0.1, -0.05) is 6.92 Å². The van der Waals surface area contributed by atoms with Crippen LogP contribution in [-0.4, -0.2) is 43.0 Å². The third kappa shape index (κ3) is 6.76. The summed E-state index contributed by atoms with van der Waals surface area (Å²) in [5.41, 5.74) is 0. The molecule has 0 aromatic carbocycles. The Hall–Kier alpha value is -1.26. The van der Waals surface area contributed by atoms with Gasteiger partial charge in [-0.15, -0.1) is 0 Å². The SMILES string of the molecule is CCCNC(=O)CN(C)C(=O)NC(C)C. The summed E-state index contributed by atoms with van der Waals surface area (Å²) in [4.78, 5) is 24.0. The number of hydrogen-bond acceptors (Lipinski definition) is 2. The van der Waals surface area contributed by atoms with Gasteiger partial charge >= 0.3 is 6.03 Å². The van der Waals surface area contributed by atoms with Gasteiger partial charge in [0, 0.05) is 19.6 Å². The van der Waals surface area contributed by atoms with Crippen molar-refractivity contribution in [1.82, 2.24) is 15.5 Å². The Morgan fingerprint density at radius 1 is 1.33 bits per heavy atom. The third-order valence-corrected chi connectivity index (χ3v) is 1.71. The Kier molecular flexibility index (Phi) is 6.49. The minimum atomic E-state index is -0.225. The highest BCUT2D eigenvalue weighted by Gasteiger charge is 2.12. The van der Waals surface area contributed by atoms with Crippen LogP contribution in [0.5, 0.6) is 0 Å². The number of carbonyl (C=O) groups is 2. The average molecular weight is 215 g/mol. The summed E-state index contributed by atoms with van der Waals surface area (Å²) >= 11 is 0. The number of rotatable bonds is 5. The Balaban J connectivity index is 3.85. The predicted molar refractivity (Wildman–Crippen MR) is 59.6 cm³/mol. The smallest absolute Gasteiger partial charge is 0.317 e. The van der Waals surface area contributed by atoms with Gasteiger partial charge in [-0.2, -0.15) is 0 Å². The molecule has 0 aliphatic heterocycles. The first kappa shape index (κ1) is 13.7. The van der Waals surface area contributed by atoms with Crippen LogP contribution in [0.3, 0.4) is 0 Å². The lowest BCUT2D eigenvalue weighted by atomic mass is 10.4. The first-order valence-corrected chi connectivity index (χ1v) is 5.25. The molecule has 0 fully saturated rings. The van der Waals surface area contributed by atoms with Gasteiger partial charge in [0.25, 0.3) is 0 Å². The summed E-state index contributed by atoms with van der Waals surface area (Å²) in [5.74, 6) is -0.127. The molecular formula is C10H21N3O2. The normalized spacial score (nSPS) is 9.93. The summed E-state index contributed by atoms with van der Waals surface area (Å²) in [5, 5.41) is 5.42. The lowest BCUT2D eigenvalue weighted by Crippen LogP contribution is -2.45. The second-order valence-electron chi connectivity index (χ2n) is 3.81. The molecule has 0 aliphatic carbocycles. The molecule has 15 heavy (non-hydrogen) atoms. The summed E-state index contributed by atoms with van der Waals surface area (Å²) in [6, 6.07) is -0.143. The predicted octanol–water partition coefficient (Wildman–Crippen LogP) is 0.562. The molecule has 0 rings (SSSR count). The summed E-state index contributed by atoms with van der Waals surface area (Å²) in [6.07, 6.45) is 0.896. The Labute approximate surface area is 91.2 Å². The van der Waals surface area contributed by atoms with Crippen LogP contribution < -0.4 is 10.6 Å². The van der Waals surface area contributed by atoms with Crippen molar-refractivity contribution in [2.24, 2.45) is 0 Å². The highest BCUT2D eigenvalue weighted by molar-refractivity contribution is 5.83. The maximum Gasteiger partial charge on any atom is 0.317 e. The first-order chi connectivity index (χ1) is 6.97. The molecule has 5 heteroatoms. The zero-order chi connectivity index (χ0) is 11.8. The van der Waals surface area contributed by atoms with Gasteiger partial charge < -0.3 is 15.5 Å². The quantitative estimate of drug-likeness (QED) is 0.704. The van der Waals surface area contributed by atoms with E-state index in [1.165, 1.54) is 4.90 Å². The third-order valence-electron chi connectivity index (χ3n) is 1.71. The van der Waals surface area contributed by atoms with E-state index in [0.717, 1.165) is 6.42 Å². The minimum Gasteiger partial charge on any atom is -0.355 e. The summed E-state index contributed by atoms with van der Waals surface area (Å²) in [6.45, 7) is 6.48. The van der Waals surface area contributed by atoms with Gasteiger partial charge in [0.1, 0.15) is 6.54 Å². The molecule has 0 bridgehead atoms. The lowest BCUT2D eigenvalue weighted by molar-refractivity contribution is -0.121. The minimum absolute atomic E-state index is 0.0821. The molecule has 2 N–H and O–H groups in total. The molecular weight excluding hydrogens is 194 g/mol. The molecule has 0 aromatic rings. The van der Waals surface area contributed by atoms with Gasteiger partial charge in [-0.25, -0.2) is 4.79 Å². The molecule has 0 spiro atoms. The molecule has 0 radical (unpaired) electrons. The van der Waals surface area contributed by atoms with Crippen LogP contribution in [0.15, 0.2) is 0 Å². The van der Waals surface area contributed by atoms with Crippen molar-refractivity contribution in [3.05, 3.63) is 0 Å². The van der Waals surface area contributed by atoms with E-state index in [4.69, 9.17) is 0 Å². The summed E-state index contributed by atoms with van der Waals surface area (Å²) in [7, 11) is 1.60. The highest BCUT2D eigenvalue weighted by atomic mass is 16.2. The van der Waals surface area contributed by atoms with Crippen LogP contribution in [0.2, 0.25) is 0 Å². The van der Waals surface area contributed by atoms with Gasteiger partial charge in [-0.05, 0) is 20.3 Å². The fourth-order valence-electron chi connectivity index (χ4n) is 0.965. The van der Waals surface area contributed by atoms with Crippen LogP contribution >= 0.6 is 0 Å². The fraction of sp³-hybridized carbons (Fsp3) is 0.800. The number of urea groups is 1. The second kappa shape index (κ2) is 7.09. The Morgan fingerprint density at radius 2 is 1.93 bits per heavy atom. The number of nitrogens with one attached hydrogen (secondary N) is 2. The van der Waals surface area contributed by atoms with Crippen molar-refractivity contribution in [1.29, 1.82) is 0 Å². The van der Waals surface area contributed by atoms with Gasteiger partial charge in [0.15, 0.2) is 0 Å². The molecule has 88 valence electrons. The molecule has 0 atom stereocenters. The molecule has 0 aliphatic rings. The monoisotopic (exact) mass is 215 g/mol. The molecule has 3 amide bonds. The van der Waals surface area contributed by atoms with Crippen LogP contribution in [0.4, 0.5) is 4.79 Å². The van der Waals surface area contributed by atoms with Crippen molar-refractivity contribution >= 4 is 11.9 Å². The second-order valence-corrected chi connectivity index (χ2v) is 3.81. The van der Waals surface area contributed by atoms with Crippen LogP contribution in [0.1, 0.15) is 27.2 Å². The van der Waals surface area contributed by atoms with E-state index in [0.29, 0.717) is 6.54 Å². The van der Waals surface area contributed by atoms with E-state index < -0.39 is 0 Å². The topological polar surface area (TPSA) is 61.4 Å².